The van der Waals surface area contributed by atoms with Gasteiger partial charge in [0.25, 0.3) is 5.91 Å². The smallest absolute Gasteiger partial charge is 0.450 e. The van der Waals surface area contributed by atoms with Crippen LogP contribution in [0.1, 0.15) is 38.7 Å². The monoisotopic (exact) mass is 981 g/mol. The molecule has 1 saturated heterocycles. The number of hydrogen-bond acceptors (Lipinski definition) is 18. The van der Waals surface area contributed by atoms with E-state index >= 15 is 0 Å². The van der Waals surface area contributed by atoms with Crippen molar-refractivity contribution in [2.45, 2.75) is 62.7 Å². The van der Waals surface area contributed by atoms with Crippen molar-refractivity contribution < 1.29 is 84.5 Å². The molecule has 2 heterocycles. The lowest BCUT2D eigenvalue weighted by atomic mass is 9.92. The number of hydrogen-bond donors (Lipinski definition) is 7. The number of likely N-dealkylation sites (N-methyl/N-ethyl adjacent to an activating group) is 1. The molecule has 7 N–H and O–H groups in total. The average molecular weight is 982 g/mol. The molecule has 6 atom stereocenters. The standard InChI is InChI=1S/C32H46N3O18P3S4/c1-3-33-29(36)16-22-9-11-24(12-10-22)60-59-20-47-14-5-6-15-48-32(39)34-13-7-8-23-17-25(31(38)35-30(23)37)26-18-27(49-21-58-57-4-2)28(51-26)19-50-55(43,44)53-56(45,46)52-54(40,41)42/h9-12,17,25-28H,3-6,13-16,18-21H2,1-2H3,(H,33,36)(H,34,39)(H,43,44)(H,45,46)(H,35,37,38)(H2,40,41,42)/t25?,26-,27-,28?/m1/s1. The zero-order valence-corrected chi connectivity index (χ0v) is 38.1. The highest BCUT2D eigenvalue weighted by atomic mass is 33.1. The van der Waals surface area contributed by atoms with E-state index in [1.54, 1.807) is 10.8 Å². The lowest BCUT2D eigenvalue weighted by molar-refractivity contribution is -0.134. The molecule has 0 aliphatic carbocycles. The molecule has 3 rings (SSSR count). The van der Waals surface area contributed by atoms with E-state index in [2.05, 4.69) is 36.4 Å². The molecule has 0 aromatic heterocycles. The quantitative estimate of drug-likeness (QED) is 0.0172. The molecule has 0 bridgehead atoms. The number of rotatable bonds is 26. The molecule has 4 unspecified atom stereocenters. The highest BCUT2D eigenvalue weighted by Crippen LogP contribution is 2.66. The number of ether oxygens (including phenoxy) is 4. The number of phosphoric acid groups is 3. The summed E-state index contributed by atoms with van der Waals surface area (Å²) in [6.07, 6.45) is -0.917. The Kier molecular flexibility index (Phi) is 23.3. The van der Waals surface area contributed by atoms with Gasteiger partial charge in [-0.1, -0.05) is 74.1 Å². The molecule has 0 radical (unpaired) electrons. The predicted molar refractivity (Wildman–Crippen MR) is 223 cm³/mol. The van der Waals surface area contributed by atoms with Crippen molar-refractivity contribution >= 4 is 90.5 Å². The van der Waals surface area contributed by atoms with Crippen molar-refractivity contribution in [1.82, 2.24) is 16.0 Å². The van der Waals surface area contributed by atoms with Crippen molar-refractivity contribution in [1.29, 1.82) is 0 Å². The number of alkyl carbamates (subject to hydrolysis) is 1. The van der Waals surface area contributed by atoms with Crippen molar-refractivity contribution in [2.24, 2.45) is 5.92 Å². The Morgan fingerprint density at radius 1 is 0.950 bits per heavy atom. The van der Waals surface area contributed by atoms with Gasteiger partial charge in [0.15, 0.2) is 0 Å². The first-order chi connectivity index (χ1) is 28.4. The van der Waals surface area contributed by atoms with Crippen LogP contribution in [-0.4, -0.2) is 112 Å². The lowest BCUT2D eigenvalue weighted by Crippen LogP contribution is -2.44. The van der Waals surface area contributed by atoms with Crippen molar-refractivity contribution in [2.75, 3.05) is 50.5 Å². The van der Waals surface area contributed by atoms with E-state index in [1.165, 1.54) is 38.5 Å². The summed E-state index contributed by atoms with van der Waals surface area (Å²) in [5.41, 5.74) is 0.831. The highest BCUT2D eigenvalue weighted by molar-refractivity contribution is 8.77. The maximum atomic E-state index is 12.9. The summed E-state index contributed by atoms with van der Waals surface area (Å²) in [5, 5.41) is 7.40. The fourth-order valence-electron chi connectivity index (χ4n) is 5.04. The summed E-state index contributed by atoms with van der Waals surface area (Å²) < 4.78 is 69.6. The van der Waals surface area contributed by atoms with Gasteiger partial charge in [0.1, 0.15) is 18.0 Å². The van der Waals surface area contributed by atoms with Gasteiger partial charge >= 0.3 is 29.6 Å². The Labute approximate surface area is 361 Å². The summed E-state index contributed by atoms with van der Waals surface area (Å²) in [5.74, 6) is 3.91. The number of benzene rings is 1. The Hall–Kier alpha value is -1.91. The Morgan fingerprint density at radius 3 is 2.38 bits per heavy atom. The normalized spacial score (nSPS) is 21.1. The van der Waals surface area contributed by atoms with Gasteiger partial charge in [-0.2, -0.15) is 8.62 Å². The van der Waals surface area contributed by atoms with E-state index in [0.717, 1.165) is 16.2 Å². The molecular formula is C32H46N3O18P3S4. The first-order valence-electron chi connectivity index (χ1n) is 17.9. The van der Waals surface area contributed by atoms with Gasteiger partial charge in [-0.05, 0) is 43.5 Å². The Balaban J connectivity index is 1.41. The average Bonchev–Trinajstić information content (AvgIpc) is 3.56. The molecule has 21 nitrogen and oxygen atoms in total. The van der Waals surface area contributed by atoms with Crippen LogP contribution >= 0.6 is 66.6 Å². The van der Waals surface area contributed by atoms with Gasteiger partial charge in [-0.3, -0.25) is 24.2 Å². The third kappa shape index (κ3) is 21.0. The lowest BCUT2D eigenvalue weighted by Gasteiger charge is -2.24. The van der Waals surface area contributed by atoms with E-state index < -0.39 is 72.2 Å². The van der Waals surface area contributed by atoms with Crippen LogP contribution in [0, 0.1) is 17.8 Å². The van der Waals surface area contributed by atoms with E-state index in [9.17, 15) is 42.7 Å². The summed E-state index contributed by atoms with van der Waals surface area (Å²) >= 11 is 0. The zero-order valence-electron chi connectivity index (χ0n) is 32.2. The molecule has 1 aromatic carbocycles. The maximum Gasteiger partial charge on any atom is 0.490 e. The number of unbranched alkanes of at least 4 members (excludes halogenated alkanes) is 1. The van der Waals surface area contributed by atoms with Crippen LogP contribution in [0.4, 0.5) is 4.79 Å². The first kappa shape index (κ1) is 52.4. The van der Waals surface area contributed by atoms with Crippen LogP contribution in [0.2, 0.25) is 0 Å². The number of carbonyl (C=O) groups is 4. The SMILES string of the molecule is CCNC(=O)Cc1ccc(SSCOCCCCOC(=O)NCC#CC2=CC([C@H]3C[C@@H](OCSSCC)C(COP(=O)(O)OP(=O)(O)OP(=O)(O)O)O3)C(=O)NC2=O)cc1. The summed E-state index contributed by atoms with van der Waals surface area (Å²) in [4.78, 5) is 87.1. The molecule has 1 aromatic rings. The van der Waals surface area contributed by atoms with Crippen LogP contribution in [0.3, 0.4) is 0 Å². The Bertz CT molecular complexity index is 1850. The molecule has 2 aliphatic heterocycles. The predicted octanol–water partition coefficient (Wildman–Crippen LogP) is 4.03. The molecule has 2 aliphatic rings. The minimum absolute atomic E-state index is 0.0150. The third-order valence-corrected chi connectivity index (χ3v) is 15.5. The van der Waals surface area contributed by atoms with E-state index in [4.69, 9.17) is 33.3 Å². The van der Waals surface area contributed by atoms with Crippen LogP contribution in [-0.2, 0) is 66.6 Å². The maximum absolute atomic E-state index is 12.9. The Morgan fingerprint density at radius 2 is 1.68 bits per heavy atom. The van der Waals surface area contributed by atoms with Crippen molar-refractivity contribution in [3.8, 4) is 11.8 Å². The van der Waals surface area contributed by atoms with E-state index in [-0.39, 0.29) is 37.0 Å². The molecule has 0 saturated carbocycles. The third-order valence-electron chi connectivity index (χ3n) is 7.52. The topological polar surface area (TPSA) is 301 Å². The fourth-order valence-corrected chi connectivity index (χ4v) is 11.1. The van der Waals surface area contributed by atoms with Crippen LogP contribution in [0.5, 0.6) is 0 Å². The van der Waals surface area contributed by atoms with Gasteiger partial charge < -0.3 is 49.2 Å². The second-order valence-electron chi connectivity index (χ2n) is 12.1. The molecule has 336 valence electrons. The molecule has 60 heavy (non-hydrogen) atoms. The zero-order chi connectivity index (χ0) is 44.2. The van der Waals surface area contributed by atoms with E-state index in [0.29, 0.717) is 38.4 Å². The number of phosphoric ester groups is 1. The number of carbonyl (C=O) groups excluding carboxylic acids is 4. The number of amides is 4. The van der Waals surface area contributed by atoms with Crippen molar-refractivity contribution in [3.63, 3.8) is 0 Å². The summed E-state index contributed by atoms with van der Waals surface area (Å²) in [6, 6.07) is 7.75. The molecule has 28 heteroatoms. The first-order valence-corrected chi connectivity index (χ1v) is 27.2. The second-order valence-corrected chi connectivity index (χ2v) is 21.5. The van der Waals surface area contributed by atoms with E-state index in [1.807, 2.05) is 38.1 Å². The van der Waals surface area contributed by atoms with Gasteiger partial charge in [-0.15, -0.1) is 0 Å². The van der Waals surface area contributed by atoms with Gasteiger partial charge in [0.05, 0.1) is 49.9 Å². The van der Waals surface area contributed by atoms with Crippen LogP contribution in [0.15, 0.2) is 40.8 Å². The number of nitrogens with one attached hydrogen (secondary N) is 3. The largest absolute Gasteiger partial charge is 0.490 e. The second kappa shape index (κ2) is 26.7. The van der Waals surface area contributed by atoms with Crippen LogP contribution in [0.25, 0.3) is 0 Å². The molecular weight excluding hydrogens is 936 g/mol. The summed E-state index contributed by atoms with van der Waals surface area (Å²) in [6.45, 7) is 3.99. The summed E-state index contributed by atoms with van der Waals surface area (Å²) in [7, 11) is -10.9. The van der Waals surface area contributed by atoms with Gasteiger partial charge in [0.2, 0.25) is 11.8 Å². The van der Waals surface area contributed by atoms with Crippen molar-refractivity contribution in [3.05, 3.63) is 41.5 Å². The fraction of sp³-hybridized carbons (Fsp3) is 0.562. The van der Waals surface area contributed by atoms with Crippen LogP contribution < -0.4 is 16.0 Å². The molecule has 1 fully saturated rings. The molecule has 0 spiro atoms. The highest BCUT2D eigenvalue weighted by Gasteiger charge is 2.46. The minimum atomic E-state index is -5.76. The number of imide groups is 1. The molecule has 4 amide bonds. The van der Waals surface area contributed by atoms with Gasteiger partial charge in [0, 0.05) is 30.2 Å². The van der Waals surface area contributed by atoms with Gasteiger partial charge in [-0.25, -0.2) is 18.5 Å². The minimum Gasteiger partial charge on any atom is -0.450 e.